The van der Waals surface area contributed by atoms with Crippen LogP contribution in [-0.2, 0) is 85.6 Å². The van der Waals surface area contributed by atoms with E-state index >= 15 is 0 Å². The van der Waals surface area contributed by atoms with Gasteiger partial charge in [-0.1, -0.05) is 167 Å². The predicted molar refractivity (Wildman–Crippen MR) is 433 cm³/mol. The van der Waals surface area contributed by atoms with Gasteiger partial charge in [-0.15, -0.1) is 0 Å². The molecule has 0 bridgehead atoms. The van der Waals surface area contributed by atoms with Gasteiger partial charge in [0, 0.05) is 26.2 Å². The van der Waals surface area contributed by atoms with E-state index in [-0.39, 0.29) is 12.3 Å². The van der Waals surface area contributed by atoms with Gasteiger partial charge in [-0.05, 0) is 19.3 Å². The molecule has 0 spiro atoms. The van der Waals surface area contributed by atoms with Crippen LogP contribution in [0.2, 0.25) is 0 Å². The molecular weight excluding hydrogens is 1700 g/mol. The third kappa shape index (κ3) is 32.0. The zero-order valence-corrected chi connectivity index (χ0v) is 72.4. The lowest BCUT2D eigenvalue weighted by Gasteiger charge is -2.52. The van der Waals surface area contributed by atoms with Crippen molar-refractivity contribution >= 4 is 35.6 Å². The van der Waals surface area contributed by atoms with Gasteiger partial charge in [-0.25, -0.2) is 9.59 Å². The maximum atomic E-state index is 13.7. The number of allylic oxidation sites excluding steroid dienone is 1. The van der Waals surface area contributed by atoms with E-state index in [4.69, 9.17) is 56.8 Å². The predicted octanol–water partition coefficient (Wildman–Crippen LogP) is -6.70. The van der Waals surface area contributed by atoms with E-state index in [1.165, 1.54) is 89.9 Å². The van der Waals surface area contributed by atoms with Crippen LogP contribution in [0, 0.1) is 0 Å². The van der Waals surface area contributed by atoms with E-state index in [0.29, 0.717) is 12.8 Å². The molecule has 0 aromatic carbocycles. The summed E-state index contributed by atoms with van der Waals surface area (Å²) in [6.07, 6.45) is -33.3. The smallest absolute Gasteiger partial charge is 0.364 e. The van der Waals surface area contributed by atoms with Crippen molar-refractivity contribution in [1.82, 2.24) is 21.3 Å². The summed E-state index contributed by atoms with van der Waals surface area (Å²) in [5.41, 5.74) is 0. The number of carboxylic acids is 2. The van der Waals surface area contributed by atoms with Gasteiger partial charge in [-0.2, -0.15) is 0 Å². The first-order chi connectivity index (χ1) is 60.6. The van der Waals surface area contributed by atoms with E-state index in [2.05, 4.69) is 24.5 Å². The Hall–Kier alpha value is -4.76. The third-order valence-corrected chi connectivity index (χ3v) is 23.8. The second-order valence-electron chi connectivity index (χ2n) is 33.6. The third-order valence-electron chi connectivity index (χ3n) is 23.8. The number of ether oxygens (including phenoxy) is 12. The van der Waals surface area contributed by atoms with Crippen LogP contribution in [0.25, 0.3) is 0 Å². The Balaban J connectivity index is 1.17. The SMILES string of the molecule is CCCCCCCCCCCCC/C=C/[C@@H](O)[C@H](CO[C@@H]1OC(CO)[C@@H](O[C@@H]2OC(CO)[C@H](O)[C@H](O[C@@H]3OC(CO)[C@@H](O[C@@H]4OC(CO)[C@H](O)[C@H](O[C@]5(C(=O)O)CC(O)[C@@H](NC(=O)CO)C([C@H](O)[C@@H](CO)O[C@]6(C(=O)O)CC(O)[C@@H](NC(=O)CO)C([C@H](O)[C@H](O)CO)O6)O5)C4O)[C@H](O)C3NC(C)=O)C2O)[C@H](O)C1O)NC(=O)CCCCCCCCCCCCCCC. The Morgan fingerprint density at radius 3 is 1.31 bits per heavy atom. The lowest BCUT2D eigenvalue weighted by Crippen LogP contribution is -2.72. The van der Waals surface area contributed by atoms with Crippen molar-refractivity contribution in [2.24, 2.45) is 0 Å². The first-order valence-electron chi connectivity index (χ1n) is 44.6. The van der Waals surface area contributed by atoms with Gasteiger partial charge in [0.25, 0.3) is 11.6 Å². The van der Waals surface area contributed by atoms with Gasteiger partial charge >= 0.3 is 11.9 Å². The van der Waals surface area contributed by atoms with Crippen molar-refractivity contribution in [2.45, 2.75) is 408 Å². The number of carboxylic acid groups (broad SMARTS) is 2. The number of carbonyl (C=O) groups is 6. The fraction of sp³-hybridized carbons (Fsp3) is 0.902. The van der Waals surface area contributed by atoms with Gasteiger partial charge in [-0.3, -0.25) is 19.2 Å². The summed E-state index contributed by atoms with van der Waals surface area (Å²) in [5.74, 6) is -15.6. The Kier molecular flexibility index (Phi) is 49.3. The first kappa shape index (κ1) is 111. The van der Waals surface area contributed by atoms with Crippen LogP contribution in [0.4, 0.5) is 0 Å². The van der Waals surface area contributed by atoms with Gasteiger partial charge in [0.05, 0.1) is 82.7 Å². The van der Waals surface area contributed by atoms with Crippen LogP contribution < -0.4 is 21.3 Å². The molecule has 0 saturated carbocycles. The molecule has 4 amide bonds. The Morgan fingerprint density at radius 2 is 0.850 bits per heavy atom. The lowest BCUT2D eigenvalue weighted by atomic mass is 9.87. The molecule has 45 heteroatoms. The monoisotopic (exact) mass is 1840 g/mol. The number of unbranched alkanes of at least 4 members (excludes halogenated alkanes) is 23. The fourth-order valence-electron chi connectivity index (χ4n) is 16.6. The Morgan fingerprint density at radius 1 is 0.433 bits per heavy atom. The Labute approximate surface area is 736 Å². The maximum Gasteiger partial charge on any atom is 0.364 e. The summed E-state index contributed by atoms with van der Waals surface area (Å²) in [4.78, 5) is 78.7. The van der Waals surface area contributed by atoms with Crippen molar-refractivity contribution in [3.05, 3.63) is 12.2 Å². The minimum absolute atomic E-state index is 0.139. The molecule has 738 valence electrons. The number of carbonyl (C=O) groups excluding carboxylic acids is 4. The zero-order chi connectivity index (χ0) is 93.8. The molecule has 27 N–H and O–H groups in total. The van der Waals surface area contributed by atoms with Crippen molar-refractivity contribution in [2.75, 3.05) is 59.5 Å². The van der Waals surface area contributed by atoms with Crippen LogP contribution >= 0.6 is 0 Å². The van der Waals surface area contributed by atoms with E-state index < -0.39 is 309 Å². The van der Waals surface area contributed by atoms with E-state index in [9.17, 15) is 146 Å². The van der Waals surface area contributed by atoms with Crippen LogP contribution in [0.3, 0.4) is 0 Å². The highest BCUT2D eigenvalue weighted by atomic mass is 16.8. The quantitative estimate of drug-likeness (QED) is 0.0199. The zero-order valence-electron chi connectivity index (χ0n) is 72.4. The molecule has 6 rings (SSSR count). The molecule has 6 saturated heterocycles. The van der Waals surface area contributed by atoms with Crippen LogP contribution in [-0.4, -0.2) is 420 Å². The number of hydrogen-bond donors (Lipinski definition) is 27. The highest BCUT2D eigenvalue weighted by Gasteiger charge is 2.64. The summed E-state index contributed by atoms with van der Waals surface area (Å²) in [6.45, 7) is -5.27. The molecule has 0 aromatic heterocycles. The molecule has 6 fully saturated rings. The normalized spacial score (nSPS) is 35.1. The molecule has 34 atom stereocenters. The number of amides is 4. The van der Waals surface area contributed by atoms with Crippen LogP contribution in [0.15, 0.2) is 12.2 Å². The average molecular weight is 1840 g/mol. The molecule has 0 aliphatic carbocycles. The van der Waals surface area contributed by atoms with Crippen LogP contribution in [0.1, 0.15) is 201 Å². The molecule has 0 aromatic rings. The van der Waals surface area contributed by atoms with E-state index in [0.717, 1.165) is 64.7 Å². The maximum absolute atomic E-state index is 13.7. The molecule has 45 nitrogen and oxygen atoms in total. The summed E-state index contributed by atoms with van der Waals surface area (Å²) >= 11 is 0. The molecule has 12 unspecified atom stereocenters. The summed E-state index contributed by atoms with van der Waals surface area (Å²) in [7, 11) is 0. The minimum Gasteiger partial charge on any atom is -0.477 e. The topological polar surface area (TPSA) is 727 Å². The lowest BCUT2D eigenvalue weighted by molar-refractivity contribution is -0.391. The molecule has 127 heavy (non-hydrogen) atoms. The largest absolute Gasteiger partial charge is 0.477 e. The van der Waals surface area contributed by atoms with Crippen molar-refractivity contribution in [1.29, 1.82) is 0 Å². The molecule has 6 aliphatic heterocycles. The first-order valence-corrected chi connectivity index (χ1v) is 44.6. The molecular formula is C82H144N4O41. The van der Waals surface area contributed by atoms with Gasteiger partial charge in [0.15, 0.2) is 25.2 Å². The second-order valence-corrected chi connectivity index (χ2v) is 33.6. The van der Waals surface area contributed by atoms with Gasteiger partial charge in [0.1, 0.15) is 147 Å². The summed E-state index contributed by atoms with van der Waals surface area (Å²) in [5, 5.41) is 265. The van der Waals surface area contributed by atoms with Crippen molar-refractivity contribution in [3.8, 4) is 0 Å². The van der Waals surface area contributed by atoms with Crippen molar-refractivity contribution < 1.29 is 203 Å². The highest BCUT2D eigenvalue weighted by molar-refractivity contribution is 5.79. The minimum atomic E-state index is -3.59. The molecule has 6 aliphatic rings. The Bertz CT molecular complexity index is 3200. The van der Waals surface area contributed by atoms with E-state index in [1.54, 1.807) is 6.08 Å². The van der Waals surface area contributed by atoms with Gasteiger partial charge < -0.3 is 196 Å². The number of rotatable bonds is 59. The second kappa shape index (κ2) is 56.4. The highest BCUT2D eigenvalue weighted by Crippen LogP contribution is 2.42. The number of hydrogen-bond acceptors (Lipinski definition) is 39. The number of aliphatic hydroxyl groups is 21. The average Bonchev–Trinajstić information content (AvgIpc) is 0.706. The number of nitrogens with one attached hydrogen (secondary N) is 4. The van der Waals surface area contributed by atoms with Crippen LogP contribution in [0.5, 0.6) is 0 Å². The standard InChI is InChI=1S/C82H144N4O41/c1-4-6-8-10-12-14-16-18-20-22-24-26-28-30-45(96)44(84-54(100)31-29-27-25-23-21-19-17-15-13-11-9-7-5-2)42-116-76-66(109)65(108)70(53(39-92)120-76)122-77-67(110)73(61(104)49(35-88)117-77)123-75-59(83-43(3)95)64(107)69(52(38-91)119-75)121-78-68(111)74(62(105)50(36-89)118-78)127-82(80(114)115)33-47(98)58(86-56(102)41-94)72(126-82)63(106)51(37-90)124-81(79(112)113)32-46(97)57(85-55(101)40-93)71(125-81)60(103)48(99)34-87/h28,30,44-53,57-78,87-94,96-99,103-111H,4-27,29,31-42H2,1-3H3,(H,83,95)(H,84,100)(H,85,101)(H,86,102)(H,112,113)(H,114,115)/b30-28+/t44-,45+,46?,47?,48+,49?,50?,51+,52?,53?,57+,58+,59?,60+,61-,62-,63+,64+,65+,66?,67?,68?,69+,70+,71?,72?,73-,74-,75-,76+,77-,78-,81+,82-/m0/s1. The molecule has 0 radical (unpaired) electrons. The van der Waals surface area contributed by atoms with Crippen molar-refractivity contribution in [3.63, 3.8) is 0 Å². The van der Waals surface area contributed by atoms with Gasteiger partial charge in [0.2, 0.25) is 23.6 Å². The number of aliphatic carboxylic acids is 2. The molecule has 6 heterocycles. The van der Waals surface area contributed by atoms with E-state index in [1.807, 2.05) is 16.7 Å². The number of aliphatic hydroxyl groups excluding tert-OH is 21. The summed E-state index contributed by atoms with van der Waals surface area (Å²) < 4.78 is 70.3. The summed E-state index contributed by atoms with van der Waals surface area (Å²) in [6, 6.07) is -7.23. The fourth-order valence-corrected chi connectivity index (χ4v) is 16.6.